The van der Waals surface area contributed by atoms with Crippen LogP contribution in [-0.2, 0) is 31.9 Å². The van der Waals surface area contributed by atoms with E-state index in [4.69, 9.17) is 15.2 Å². The second-order valence-electron chi connectivity index (χ2n) is 11.7. The van der Waals surface area contributed by atoms with Crippen LogP contribution in [0.2, 0.25) is 0 Å². The van der Waals surface area contributed by atoms with Crippen LogP contribution in [0.5, 0.6) is 0 Å². The van der Waals surface area contributed by atoms with Gasteiger partial charge in [0, 0.05) is 47.0 Å². The van der Waals surface area contributed by atoms with Gasteiger partial charge in [-0.15, -0.1) is 0 Å². The SMILES string of the molecule is C=C(N)C(=O)OCCc1cccc(N(c2ccccc2)c2ccc(N(c3ccccc3)c3cccc(CCOC(=O)C(C)C)c3)cc2)c1. The van der Waals surface area contributed by atoms with Crippen molar-refractivity contribution in [3.8, 4) is 0 Å². The fourth-order valence-electron chi connectivity index (χ4n) is 5.29. The highest BCUT2D eigenvalue weighted by atomic mass is 16.5. The quantitative estimate of drug-likeness (QED) is 0.0959. The summed E-state index contributed by atoms with van der Waals surface area (Å²) in [7, 11) is 0. The van der Waals surface area contributed by atoms with Gasteiger partial charge in [0.25, 0.3) is 0 Å². The fraction of sp³-hybridized carbons (Fsp3) is 0.171. The van der Waals surface area contributed by atoms with E-state index < -0.39 is 5.97 Å². The molecule has 48 heavy (non-hydrogen) atoms. The predicted molar refractivity (Wildman–Crippen MR) is 193 cm³/mol. The van der Waals surface area contributed by atoms with E-state index in [1.807, 2.05) is 68.4 Å². The first kappa shape index (κ1) is 33.5. The maximum absolute atomic E-state index is 12.0. The molecule has 0 aliphatic carbocycles. The Bertz CT molecular complexity index is 1820. The second kappa shape index (κ2) is 16.1. The molecule has 7 heteroatoms. The number of carbonyl (C=O) groups is 2. The number of hydrogen-bond donors (Lipinski definition) is 1. The van der Waals surface area contributed by atoms with Gasteiger partial charge in [-0.2, -0.15) is 0 Å². The zero-order valence-electron chi connectivity index (χ0n) is 27.4. The van der Waals surface area contributed by atoms with Crippen molar-refractivity contribution in [2.45, 2.75) is 26.7 Å². The summed E-state index contributed by atoms with van der Waals surface area (Å²) in [4.78, 5) is 28.2. The lowest BCUT2D eigenvalue weighted by Crippen LogP contribution is -2.15. The van der Waals surface area contributed by atoms with Crippen molar-refractivity contribution in [3.05, 3.63) is 157 Å². The van der Waals surface area contributed by atoms with E-state index in [0.717, 1.165) is 45.3 Å². The number of hydrogen-bond acceptors (Lipinski definition) is 7. The molecule has 244 valence electrons. The van der Waals surface area contributed by atoms with Gasteiger partial charge < -0.3 is 25.0 Å². The first-order chi connectivity index (χ1) is 23.3. The van der Waals surface area contributed by atoms with Crippen LogP contribution in [0.25, 0.3) is 0 Å². The zero-order chi connectivity index (χ0) is 33.9. The van der Waals surface area contributed by atoms with E-state index in [2.05, 4.69) is 95.2 Å². The topological polar surface area (TPSA) is 85.1 Å². The van der Waals surface area contributed by atoms with E-state index in [1.54, 1.807) is 0 Å². The Morgan fingerprint density at radius 3 is 1.40 bits per heavy atom. The van der Waals surface area contributed by atoms with Gasteiger partial charge >= 0.3 is 11.9 Å². The van der Waals surface area contributed by atoms with E-state index in [0.29, 0.717) is 19.4 Å². The van der Waals surface area contributed by atoms with Crippen molar-refractivity contribution < 1.29 is 19.1 Å². The number of para-hydroxylation sites is 2. The number of benzene rings is 5. The normalized spacial score (nSPS) is 10.7. The number of ether oxygens (including phenoxy) is 2. The van der Waals surface area contributed by atoms with Gasteiger partial charge in [-0.05, 0) is 83.9 Å². The van der Waals surface area contributed by atoms with Crippen LogP contribution in [-0.4, -0.2) is 25.2 Å². The van der Waals surface area contributed by atoms with Gasteiger partial charge in [-0.1, -0.05) is 81.1 Å². The lowest BCUT2D eigenvalue weighted by Gasteiger charge is -2.28. The first-order valence-electron chi connectivity index (χ1n) is 16.1. The molecule has 0 radical (unpaired) electrons. The van der Waals surface area contributed by atoms with Crippen LogP contribution in [0.3, 0.4) is 0 Å². The van der Waals surface area contributed by atoms with Crippen LogP contribution in [0.15, 0.2) is 146 Å². The molecule has 5 aromatic carbocycles. The zero-order valence-corrected chi connectivity index (χ0v) is 27.4. The van der Waals surface area contributed by atoms with E-state index in [-0.39, 0.29) is 24.2 Å². The Morgan fingerprint density at radius 1 is 0.583 bits per heavy atom. The molecule has 0 saturated carbocycles. The summed E-state index contributed by atoms with van der Waals surface area (Å²) < 4.78 is 10.7. The van der Waals surface area contributed by atoms with Gasteiger partial charge in [0.1, 0.15) is 5.70 Å². The average molecular weight is 640 g/mol. The van der Waals surface area contributed by atoms with Crippen molar-refractivity contribution in [2.75, 3.05) is 23.0 Å². The molecule has 0 atom stereocenters. The number of anilines is 6. The highest BCUT2D eigenvalue weighted by Crippen LogP contribution is 2.39. The molecule has 0 aliphatic heterocycles. The Labute approximate surface area is 282 Å². The smallest absolute Gasteiger partial charge is 0.353 e. The molecule has 5 rings (SSSR count). The summed E-state index contributed by atoms with van der Waals surface area (Å²) in [6.07, 6.45) is 1.17. The monoisotopic (exact) mass is 639 g/mol. The van der Waals surface area contributed by atoms with Crippen molar-refractivity contribution >= 4 is 46.1 Å². The summed E-state index contributed by atoms with van der Waals surface area (Å²) >= 11 is 0. The summed E-state index contributed by atoms with van der Waals surface area (Å²) in [6, 6.07) is 45.5. The highest BCUT2D eigenvalue weighted by Gasteiger charge is 2.17. The lowest BCUT2D eigenvalue weighted by molar-refractivity contribution is -0.147. The molecule has 2 N–H and O–H groups in total. The molecule has 0 spiro atoms. The standard InChI is InChI=1S/C41H41N3O4/c1-30(2)40(45)47-26-24-32-12-10-18-38(28-32)43(34-14-6-4-7-15-34)36-20-22-37(23-21-36)44(35-16-8-5-9-17-35)39-19-11-13-33(29-39)25-27-48-41(46)31(3)42/h4-23,28-30H,3,24-27,42H2,1-2H3. The molecule has 7 nitrogen and oxygen atoms in total. The van der Waals surface area contributed by atoms with Crippen molar-refractivity contribution in [3.63, 3.8) is 0 Å². The third kappa shape index (κ3) is 8.70. The molecule has 0 bridgehead atoms. The summed E-state index contributed by atoms with van der Waals surface area (Å²) in [5.41, 5.74) is 13.5. The Kier molecular flexibility index (Phi) is 11.3. The van der Waals surface area contributed by atoms with Gasteiger partial charge in [0.15, 0.2) is 0 Å². The fourth-order valence-corrected chi connectivity index (χ4v) is 5.29. The highest BCUT2D eigenvalue weighted by molar-refractivity contribution is 5.86. The van der Waals surface area contributed by atoms with Gasteiger partial charge in [0.05, 0.1) is 19.1 Å². The molecule has 0 fully saturated rings. The van der Waals surface area contributed by atoms with Crippen LogP contribution < -0.4 is 15.5 Å². The third-order valence-corrected chi connectivity index (χ3v) is 7.72. The number of carbonyl (C=O) groups excluding carboxylic acids is 2. The molecule has 0 aromatic heterocycles. The molecular weight excluding hydrogens is 598 g/mol. The van der Waals surface area contributed by atoms with Gasteiger partial charge in [-0.3, -0.25) is 4.79 Å². The summed E-state index contributed by atoms with van der Waals surface area (Å²) in [6.45, 7) is 7.66. The van der Waals surface area contributed by atoms with Gasteiger partial charge in [-0.25, -0.2) is 4.79 Å². The maximum Gasteiger partial charge on any atom is 0.353 e. The number of nitrogens with two attached hydrogens (primary N) is 1. The molecule has 0 unspecified atom stereocenters. The van der Waals surface area contributed by atoms with E-state index in [9.17, 15) is 9.59 Å². The molecule has 0 saturated heterocycles. The molecular formula is C41H41N3O4. The number of nitrogens with zero attached hydrogens (tertiary/aromatic N) is 2. The summed E-state index contributed by atoms with van der Waals surface area (Å²) in [5.74, 6) is -0.933. The van der Waals surface area contributed by atoms with Crippen LogP contribution in [0.1, 0.15) is 25.0 Å². The largest absolute Gasteiger partial charge is 0.465 e. The van der Waals surface area contributed by atoms with Crippen LogP contribution in [0, 0.1) is 5.92 Å². The first-order valence-corrected chi connectivity index (χ1v) is 16.1. The van der Waals surface area contributed by atoms with Crippen molar-refractivity contribution in [2.24, 2.45) is 11.7 Å². The Morgan fingerprint density at radius 2 is 0.979 bits per heavy atom. The molecule has 0 heterocycles. The summed E-state index contributed by atoms with van der Waals surface area (Å²) in [5, 5.41) is 0. The van der Waals surface area contributed by atoms with Crippen LogP contribution >= 0.6 is 0 Å². The Balaban J connectivity index is 1.44. The maximum atomic E-state index is 12.0. The lowest BCUT2D eigenvalue weighted by atomic mass is 10.1. The Hall–Kier alpha value is -5.82. The molecule has 0 amide bonds. The minimum Gasteiger partial charge on any atom is -0.465 e. The number of rotatable bonds is 14. The van der Waals surface area contributed by atoms with Crippen molar-refractivity contribution in [1.82, 2.24) is 0 Å². The van der Waals surface area contributed by atoms with E-state index in [1.165, 1.54) is 0 Å². The predicted octanol–water partition coefficient (Wildman–Crippen LogP) is 8.93. The van der Waals surface area contributed by atoms with E-state index >= 15 is 0 Å². The minimum atomic E-state index is -0.597. The molecule has 0 aliphatic rings. The van der Waals surface area contributed by atoms with Crippen molar-refractivity contribution in [1.29, 1.82) is 0 Å². The number of esters is 2. The third-order valence-electron chi connectivity index (χ3n) is 7.72. The molecule has 5 aromatic rings. The minimum absolute atomic E-state index is 0.106. The average Bonchev–Trinajstić information content (AvgIpc) is 3.10. The second-order valence-corrected chi connectivity index (χ2v) is 11.7. The van der Waals surface area contributed by atoms with Gasteiger partial charge in [0.2, 0.25) is 0 Å². The van der Waals surface area contributed by atoms with Crippen LogP contribution in [0.4, 0.5) is 34.1 Å².